The van der Waals surface area contributed by atoms with Gasteiger partial charge in [0, 0.05) is 18.0 Å². The lowest BCUT2D eigenvalue weighted by molar-refractivity contribution is -0.116. The molecule has 142 valence electrons. The van der Waals surface area contributed by atoms with Crippen molar-refractivity contribution >= 4 is 33.8 Å². The highest BCUT2D eigenvalue weighted by Crippen LogP contribution is 2.45. The Hall–Kier alpha value is -2.99. The van der Waals surface area contributed by atoms with Gasteiger partial charge in [-0.2, -0.15) is 0 Å². The van der Waals surface area contributed by atoms with Gasteiger partial charge in [0.25, 0.3) is 5.91 Å². The van der Waals surface area contributed by atoms with Gasteiger partial charge in [-0.05, 0) is 48.2 Å². The molecule has 1 atom stereocenters. The Morgan fingerprint density at radius 3 is 2.61 bits per heavy atom. The molecule has 0 saturated carbocycles. The third-order valence-corrected chi connectivity index (χ3v) is 6.29. The van der Waals surface area contributed by atoms with Crippen LogP contribution in [0.2, 0.25) is 0 Å². The van der Waals surface area contributed by atoms with Gasteiger partial charge in [-0.1, -0.05) is 36.4 Å². The van der Waals surface area contributed by atoms with E-state index in [-0.39, 0.29) is 24.1 Å². The van der Waals surface area contributed by atoms with Crippen LogP contribution in [0.4, 0.5) is 15.1 Å². The molecule has 4 nitrogen and oxygen atoms in total. The number of carbonyl (C=O) groups excluding carboxylic acids is 2. The van der Waals surface area contributed by atoms with Crippen LogP contribution in [0.15, 0.2) is 48.5 Å². The molecule has 0 fully saturated rings. The molecule has 1 aromatic heterocycles. The van der Waals surface area contributed by atoms with Gasteiger partial charge in [0.15, 0.2) is 0 Å². The molecule has 28 heavy (non-hydrogen) atoms. The summed E-state index contributed by atoms with van der Waals surface area (Å²) < 4.78 is 14.4. The number of nitrogens with one attached hydrogen (secondary N) is 2. The first-order valence-corrected chi connectivity index (χ1v) is 9.82. The van der Waals surface area contributed by atoms with E-state index in [1.54, 1.807) is 18.2 Å². The quantitative estimate of drug-likeness (QED) is 0.639. The molecule has 2 aromatic carbocycles. The van der Waals surface area contributed by atoms with E-state index in [1.807, 2.05) is 38.1 Å². The summed E-state index contributed by atoms with van der Waals surface area (Å²) in [7, 11) is 0. The number of benzene rings is 2. The largest absolute Gasteiger partial charge is 0.321 e. The third kappa shape index (κ3) is 3.20. The summed E-state index contributed by atoms with van der Waals surface area (Å²) in [6.45, 7) is 3.78. The number of para-hydroxylation sites is 1. The third-order valence-electron chi connectivity index (χ3n) is 5.06. The Kier molecular flexibility index (Phi) is 4.73. The van der Waals surface area contributed by atoms with Crippen molar-refractivity contribution in [2.75, 3.05) is 10.6 Å². The van der Waals surface area contributed by atoms with E-state index < -0.39 is 5.92 Å². The van der Waals surface area contributed by atoms with E-state index in [1.165, 1.54) is 17.4 Å². The highest BCUT2D eigenvalue weighted by atomic mass is 32.1. The first-order valence-electron chi connectivity index (χ1n) is 9.00. The van der Waals surface area contributed by atoms with Gasteiger partial charge < -0.3 is 10.6 Å². The van der Waals surface area contributed by atoms with Gasteiger partial charge in [-0.3, -0.25) is 9.59 Å². The van der Waals surface area contributed by atoms with Gasteiger partial charge in [0.2, 0.25) is 5.91 Å². The maximum Gasteiger partial charge on any atom is 0.266 e. The van der Waals surface area contributed by atoms with Crippen LogP contribution < -0.4 is 10.6 Å². The Labute approximate surface area is 166 Å². The van der Waals surface area contributed by atoms with Crippen molar-refractivity contribution in [3.8, 4) is 0 Å². The summed E-state index contributed by atoms with van der Waals surface area (Å²) in [5.41, 5.74) is 3.79. The van der Waals surface area contributed by atoms with E-state index in [2.05, 4.69) is 10.6 Å². The van der Waals surface area contributed by atoms with Gasteiger partial charge in [-0.25, -0.2) is 4.39 Å². The summed E-state index contributed by atoms with van der Waals surface area (Å²) in [6, 6.07) is 14.0. The lowest BCUT2D eigenvalue weighted by Gasteiger charge is -2.24. The van der Waals surface area contributed by atoms with Gasteiger partial charge in [-0.15, -0.1) is 11.3 Å². The monoisotopic (exact) mass is 394 g/mol. The molecule has 4 rings (SSSR count). The standard InChI is InChI=1S/C22H19FN2O2S/c1-12-7-3-6-10-17(12)24-21(27)20-13(2)19-15(11-18(26)25-22(19)28-20)14-8-4-5-9-16(14)23/h3-10,15H,11H2,1-2H3,(H,24,27)(H,25,26)/t15-/m1/s1. The SMILES string of the molecule is Cc1ccccc1NC(=O)c1sc2c(c1C)[C@@H](c1ccccc1F)CC(=O)N2. The van der Waals surface area contributed by atoms with Crippen LogP contribution in [0.3, 0.4) is 0 Å². The smallest absolute Gasteiger partial charge is 0.266 e. The fourth-order valence-corrected chi connectivity index (χ4v) is 4.82. The van der Waals surface area contributed by atoms with E-state index in [0.717, 1.165) is 22.4 Å². The Bertz CT molecular complexity index is 1090. The fourth-order valence-electron chi connectivity index (χ4n) is 3.64. The fraction of sp³-hybridized carbons (Fsp3) is 0.182. The molecule has 3 aromatic rings. The number of hydrogen-bond acceptors (Lipinski definition) is 3. The number of fused-ring (bicyclic) bond motifs is 1. The topological polar surface area (TPSA) is 58.2 Å². The second kappa shape index (κ2) is 7.20. The van der Waals surface area contributed by atoms with Crippen LogP contribution in [-0.4, -0.2) is 11.8 Å². The number of aryl methyl sites for hydroxylation is 1. The molecule has 0 bridgehead atoms. The first kappa shape index (κ1) is 18.4. The molecule has 0 radical (unpaired) electrons. The Morgan fingerprint density at radius 1 is 1.14 bits per heavy atom. The van der Waals surface area contributed by atoms with Gasteiger partial charge in [0.05, 0.1) is 9.88 Å². The summed E-state index contributed by atoms with van der Waals surface area (Å²) >= 11 is 1.24. The predicted molar refractivity (Wildman–Crippen MR) is 110 cm³/mol. The summed E-state index contributed by atoms with van der Waals surface area (Å²) in [5.74, 6) is -1.15. The second-order valence-corrected chi connectivity index (χ2v) is 7.92. The van der Waals surface area contributed by atoms with Gasteiger partial charge >= 0.3 is 0 Å². The molecule has 0 saturated heterocycles. The Morgan fingerprint density at radius 2 is 1.86 bits per heavy atom. The van der Waals surface area contributed by atoms with Crippen LogP contribution in [0.5, 0.6) is 0 Å². The normalized spacial score (nSPS) is 15.7. The van der Waals surface area contributed by atoms with E-state index in [0.29, 0.717) is 15.4 Å². The zero-order valence-electron chi connectivity index (χ0n) is 15.5. The van der Waals surface area contributed by atoms with Crippen molar-refractivity contribution in [2.24, 2.45) is 0 Å². The minimum absolute atomic E-state index is 0.157. The summed E-state index contributed by atoms with van der Waals surface area (Å²) in [4.78, 5) is 25.7. The first-order chi connectivity index (χ1) is 13.5. The van der Waals surface area contributed by atoms with E-state index >= 15 is 0 Å². The number of halogens is 1. The number of carbonyl (C=O) groups is 2. The van der Waals surface area contributed by atoms with Crippen LogP contribution in [0, 0.1) is 19.7 Å². The molecular weight excluding hydrogens is 375 g/mol. The molecular formula is C22H19FN2O2S. The number of amides is 2. The van der Waals surface area contributed by atoms with Crippen molar-refractivity contribution in [3.05, 3.63) is 81.5 Å². The number of anilines is 2. The molecule has 1 aliphatic heterocycles. The van der Waals surface area contributed by atoms with E-state index in [9.17, 15) is 14.0 Å². The minimum Gasteiger partial charge on any atom is -0.321 e. The predicted octanol–water partition coefficient (Wildman–Crippen LogP) is 5.23. The highest BCUT2D eigenvalue weighted by Gasteiger charge is 2.34. The lowest BCUT2D eigenvalue weighted by Crippen LogP contribution is -2.23. The minimum atomic E-state index is -0.402. The number of thiophene rings is 1. The molecule has 6 heteroatoms. The van der Waals surface area contributed by atoms with Crippen molar-refractivity contribution in [3.63, 3.8) is 0 Å². The number of rotatable bonds is 3. The lowest BCUT2D eigenvalue weighted by atomic mass is 9.84. The van der Waals surface area contributed by atoms with Crippen LogP contribution in [0.1, 0.15) is 44.3 Å². The van der Waals surface area contributed by atoms with Crippen molar-refractivity contribution < 1.29 is 14.0 Å². The molecule has 2 amide bonds. The van der Waals surface area contributed by atoms with Gasteiger partial charge in [0.1, 0.15) is 5.82 Å². The second-order valence-electron chi connectivity index (χ2n) is 6.89. The highest BCUT2D eigenvalue weighted by molar-refractivity contribution is 7.18. The maximum absolute atomic E-state index is 14.4. The molecule has 0 aliphatic carbocycles. The molecule has 0 spiro atoms. The average molecular weight is 394 g/mol. The zero-order valence-corrected chi connectivity index (χ0v) is 16.3. The maximum atomic E-state index is 14.4. The van der Waals surface area contributed by atoms with Crippen molar-refractivity contribution in [1.82, 2.24) is 0 Å². The summed E-state index contributed by atoms with van der Waals surface area (Å²) in [6.07, 6.45) is 0.157. The number of hydrogen-bond donors (Lipinski definition) is 2. The van der Waals surface area contributed by atoms with Crippen molar-refractivity contribution in [1.29, 1.82) is 0 Å². The van der Waals surface area contributed by atoms with E-state index in [4.69, 9.17) is 0 Å². The van der Waals surface area contributed by atoms with Crippen LogP contribution >= 0.6 is 11.3 Å². The zero-order chi connectivity index (χ0) is 19.8. The molecule has 2 N–H and O–H groups in total. The molecule has 1 aliphatic rings. The van der Waals surface area contributed by atoms with Crippen LogP contribution in [0.25, 0.3) is 0 Å². The summed E-state index contributed by atoms with van der Waals surface area (Å²) in [5, 5.41) is 6.41. The van der Waals surface area contributed by atoms with Crippen LogP contribution in [-0.2, 0) is 4.79 Å². The van der Waals surface area contributed by atoms with Crippen molar-refractivity contribution in [2.45, 2.75) is 26.2 Å². The molecule has 0 unspecified atom stereocenters. The Balaban J connectivity index is 1.74. The average Bonchev–Trinajstić information content (AvgIpc) is 3.00. The molecule has 2 heterocycles.